The van der Waals surface area contributed by atoms with Crippen LogP contribution in [0.2, 0.25) is 0 Å². The zero-order valence-electron chi connectivity index (χ0n) is 22.9. The molecule has 8 heteroatoms. The van der Waals surface area contributed by atoms with Crippen LogP contribution in [-0.4, -0.2) is 54.7 Å². The maximum atomic E-state index is 13.3. The van der Waals surface area contributed by atoms with Crippen LogP contribution < -0.4 is 0 Å². The molecular formula is C33H32O8. The molecule has 0 bridgehead atoms. The van der Waals surface area contributed by atoms with E-state index in [1.807, 2.05) is 13.8 Å². The minimum atomic E-state index is -1.10. The molecule has 212 valence electrons. The number of rotatable bonds is 9. The Morgan fingerprint density at radius 1 is 0.683 bits per heavy atom. The fraction of sp³-hybridized carbons (Fsp3) is 0.303. The van der Waals surface area contributed by atoms with Crippen LogP contribution in [0, 0.1) is 0 Å². The molecule has 0 amide bonds. The first-order valence-corrected chi connectivity index (χ1v) is 13.7. The topological polar surface area (TPSA) is 97.4 Å². The first kappa shape index (κ1) is 28.3. The number of carbonyl (C=O) groups excluding carboxylic acids is 3. The summed E-state index contributed by atoms with van der Waals surface area (Å²) in [6, 6.07) is 25.6. The van der Waals surface area contributed by atoms with Gasteiger partial charge in [0.2, 0.25) is 0 Å². The van der Waals surface area contributed by atoms with Crippen LogP contribution in [0.5, 0.6) is 0 Å². The SMILES string of the molecule is CCC1(CC)O[C@H]2[C@@H](OC(=O)c3ccccc3)[C@H](OC(=O)c3ccccc3)C(COC(=O)c3ccccc3)=C[C@H]2O1. The normalized spacial score (nSPS) is 22.6. The van der Waals surface area contributed by atoms with Gasteiger partial charge in [0.05, 0.1) is 16.7 Å². The molecule has 0 spiro atoms. The van der Waals surface area contributed by atoms with E-state index in [9.17, 15) is 14.4 Å². The summed E-state index contributed by atoms with van der Waals surface area (Å²) in [6.45, 7) is 3.69. The Bertz CT molecular complexity index is 1380. The van der Waals surface area contributed by atoms with Crippen molar-refractivity contribution in [3.05, 3.63) is 119 Å². The lowest BCUT2D eigenvalue weighted by Gasteiger charge is -2.36. The Balaban J connectivity index is 1.50. The first-order chi connectivity index (χ1) is 19.9. The molecule has 0 aromatic heterocycles. The van der Waals surface area contributed by atoms with Crippen LogP contribution in [0.3, 0.4) is 0 Å². The standard InChI is InChI=1S/C33H32O8/c1-3-33(4-2)40-26-20-25(21-37-30(34)22-14-8-5-9-15-22)27(38-31(35)23-16-10-6-11-17-23)29(28(26)41-33)39-32(36)24-18-12-7-13-19-24/h5-20,26-29H,3-4,21H2,1-2H3/t26-,27-,28-,29+/m1/s1. The summed E-state index contributed by atoms with van der Waals surface area (Å²) in [5.74, 6) is -2.68. The lowest BCUT2D eigenvalue weighted by molar-refractivity contribution is -0.187. The first-order valence-electron chi connectivity index (χ1n) is 13.7. The fourth-order valence-electron chi connectivity index (χ4n) is 5.04. The highest BCUT2D eigenvalue weighted by atomic mass is 16.8. The number of hydrogen-bond acceptors (Lipinski definition) is 8. The highest BCUT2D eigenvalue weighted by Gasteiger charge is 2.55. The maximum Gasteiger partial charge on any atom is 0.338 e. The monoisotopic (exact) mass is 556 g/mol. The van der Waals surface area contributed by atoms with E-state index in [-0.39, 0.29) is 6.61 Å². The summed E-state index contributed by atoms with van der Waals surface area (Å²) in [7, 11) is 0. The Labute approximate surface area is 238 Å². The van der Waals surface area contributed by atoms with Crippen molar-refractivity contribution in [1.82, 2.24) is 0 Å². The quantitative estimate of drug-likeness (QED) is 0.193. The van der Waals surface area contributed by atoms with Crippen molar-refractivity contribution in [2.45, 2.75) is 56.9 Å². The van der Waals surface area contributed by atoms with Gasteiger partial charge in [-0.2, -0.15) is 0 Å². The van der Waals surface area contributed by atoms with Crippen LogP contribution in [0.15, 0.2) is 103 Å². The minimum absolute atomic E-state index is 0.211. The summed E-state index contributed by atoms with van der Waals surface area (Å²) in [5, 5.41) is 0. The van der Waals surface area contributed by atoms with Gasteiger partial charge in [0.1, 0.15) is 18.8 Å². The molecular weight excluding hydrogens is 524 g/mol. The molecule has 1 heterocycles. The largest absolute Gasteiger partial charge is 0.457 e. The molecule has 2 aliphatic rings. The molecule has 0 unspecified atom stereocenters. The number of benzene rings is 3. The van der Waals surface area contributed by atoms with Gasteiger partial charge in [0.15, 0.2) is 18.0 Å². The van der Waals surface area contributed by atoms with Gasteiger partial charge in [-0.15, -0.1) is 0 Å². The van der Waals surface area contributed by atoms with Crippen LogP contribution in [0.1, 0.15) is 57.8 Å². The third kappa shape index (κ3) is 6.24. The van der Waals surface area contributed by atoms with Gasteiger partial charge >= 0.3 is 17.9 Å². The minimum Gasteiger partial charge on any atom is -0.457 e. The molecule has 0 radical (unpaired) electrons. The Morgan fingerprint density at radius 2 is 1.17 bits per heavy atom. The molecule has 1 saturated heterocycles. The van der Waals surface area contributed by atoms with Crippen LogP contribution >= 0.6 is 0 Å². The van der Waals surface area contributed by atoms with E-state index >= 15 is 0 Å². The van der Waals surface area contributed by atoms with Crippen LogP contribution in [0.25, 0.3) is 0 Å². The van der Waals surface area contributed by atoms with Gasteiger partial charge in [-0.05, 0) is 55.3 Å². The van der Waals surface area contributed by atoms with Crippen molar-refractivity contribution in [2.24, 2.45) is 0 Å². The summed E-state index contributed by atoms with van der Waals surface area (Å²) in [6.07, 6.45) is -0.701. The zero-order chi connectivity index (χ0) is 28.8. The van der Waals surface area contributed by atoms with Gasteiger partial charge in [-0.25, -0.2) is 14.4 Å². The molecule has 41 heavy (non-hydrogen) atoms. The van der Waals surface area contributed by atoms with Gasteiger partial charge in [-0.3, -0.25) is 0 Å². The van der Waals surface area contributed by atoms with E-state index in [2.05, 4.69) is 0 Å². The summed E-state index contributed by atoms with van der Waals surface area (Å²) < 4.78 is 30.5. The summed E-state index contributed by atoms with van der Waals surface area (Å²) in [5.41, 5.74) is 1.46. The van der Waals surface area contributed by atoms with Gasteiger partial charge in [0.25, 0.3) is 0 Å². The van der Waals surface area contributed by atoms with Crippen molar-refractivity contribution in [3.8, 4) is 0 Å². The average molecular weight is 557 g/mol. The van der Waals surface area contributed by atoms with E-state index in [0.29, 0.717) is 35.1 Å². The van der Waals surface area contributed by atoms with E-state index in [1.54, 1.807) is 97.1 Å². The van der Waals surface area contributed by atoms with E-state index in [0.717, 1.165) is 0 Å². The fourth-order valence-corrected chi connectivity index (χ4v) is 5.04. The number of fused-ring (bicyclic) bond motifs is 1. The third-order valence-electron chi connectivity index (χ3n) is 7.34. The number of ether oxygens (including phenoxy) is 5. The molecule has 0 saturated carbocycles. The van der Waals surface area contributed by atoms with Crippen LogP contribution in [-0.2, 0) is 23.7 Å². The summed E-state index contributed by atoms with van der Waals surface area (Å²) >= 11 is 0. The lowest BCUT2D eigenvalue weighted by atomic mass is 9.89. The van der Waals surface area contributed by atoms with Crippen molar-refractivity contribution < 1.29 is 38.1 Å². The molecule has 3 aromatic rings. The van der Waals surface area contributed by atoms with E-state index in [1.165, 1.54) is 0 Å². The van der Waals surface area contributed by atoms with Gasteiger partial charge in [0, 0.05) is 5.57 Å². The zero-order valence-corrected chi connectivity index (χ0v) is 22.9. The number of hydrogen-bond donors (Lipinski definition) is 0. The van der Waals surface area contributed by atoms with Crippen molar-refractivity contribution in [1.29, 1.82) is 0 Å². The average Bonchev–Trinajstić information content (AvgIpc) is 3.41. The second kappa shape index (κ2) is 12.5. The highest BCUT2D eigenvalue weighted by molar-refractivity contribution is 5.91. The van der Waals surface area contributed by atoms with Gasteiger partial charge < -0.3 is 23.7 Å². The smallest absolute Gasteiger partial charge is 0.338 e. The van der Waals surface area contributed by atoms with Gasteiger partial charge in [-0.1, -0.05) is 68.4 Å². The highest BCUT2D eigenvalue weighted by Crippen LogP contribution is 2.42. The Hall–Kier alpha value is -4.27. The van der Waals surface area contributed by atoms with Crippen molar-refractivity contribution >= 4 is 17.9 Å². The molecule has 5 rings (SSSR count). The molecule has 1 aliphatic heterocycles. The molecule has 0 N–H and O–H groups in total. The summed E-state index contributed by atoms with van der Waals surface area (Å²) in [4.78, 5) is 39.4. The maximum absolute atomic E-state index is 13.3. The van der Waals surface area contributed by atoms with E-state index < -0.39 is 48.1 Å². The predicted molar refractivity (Wildman–Crippen MR) is 149 cm³/mol. The van der Waals surface area contributed by atoms with Crippen molar-refractivity contribution in [2.75, 3.05) is 6.61 Å². The second-order valence-electron chi connectivity index (χ2n) is 9.89. The Morgan fingerprint density at radius 3 is 1.68 bits per heavy atom. The van der Waals surface area contributed by atoms with Crippen LogP contribution in [0.4, 0.5) is 0 Å². The van der Waals surface area contributed by atoms with Crippen molar-refractivity contribution in [3.63, 3.8) is 0 Å². The Kier molecular flexibility index (Phi) is 8.61. The third-order valence-corrected chi connectivity index (χ3v) is 7.34. The molecule has 1 aliphatic carbocycles. The number of esters is 3. The second-order valence-corrected chi connectivity index (χ2v) is 9.89. The molecule has 8 nitrogen and oxygen atoms in total. The number of carbonyl (C=O) groups is 3. The van der Waals surface area contributed by atoms with E-state index in [4.69, 9.17) is 23.7 Å². The molecule has 3 aromatic carbocycles. The molecule has 1 fully saturated rings. The molecule has 4 atom stereocenters. The predicted octanol–water partition coefficient (Wildman–Crippen LogP) is 5.53. The lowest BCUT2D eigenvalue weighted by Crippen LogP contribution is -2.52.